The molecule has 3 rings (SSSR count). The van der Waals surface area contributed by atoms with Crippen molar-refractivity contribution in [3.05, 3.63) is 17.7 Å². The van der Waals surface area contributed by atoms with E-state index in [9.17, 15) is 5.11 Å². The molecule has 17 heavy (non-hydrogen) atoms. The van der Waals surface area contributed by atoms with Crippen molar-refractivity contribution >= 4 is 11.8 Å². The van der Waals surface area contributed by atoms with Gasteiger partial charge in [-0.2, -0.15) is 11.8 Å². The van der Waals surface area contributed by atoms with E-state index < -0.39 is 0 Å². The first-order valence-electron chi connectivity index (χ1n) is 6.62. The van der Waals surface area contributed by atoms with Gasteiger partial charge in [-0.25, -0.2) is 4.98 Å². The summed E-state index contributed by atoms with van der Waals surface area (Å²) in [6.45, 7) is 0.754. The fraction of sp³-hybridized carbons (Fsp3) is 0.769. The molecule has 2 aliphatic rings. The zero-order valence-corrected chi connectivity index (χ0v) is 11.0. The molecule has 0 bridgehead atoms. The average Bonchev–Trinajstić information content (AvgIpc) is 2.73. The molecule has 1 saturated heterocycles. The van der Waals surface area contributed by atoms with Crippen LogP contribution < -0.4 is 0 Å². The third-order valence-electron chi connectivity index (χ3n) is 3.87. The Morgan fingerprint density at radius 2 is 2.41 bits per heavy atom. The molecule has 3 heterocycles. The Kier molecular flexibility index (Phi) is 3.43. The third kappa shape index (κ3) is 2.52. The van der Waals surface area contributed by atoms with Crippen LogP contribution >= 0.6 is 11.8 Å². The molecule has 2 atom stereocenters. The Hall–Kier alpha value is -0.480. The van der Waals surface area contributed by atoms with E-state index in [0.29, 0.717) is 0 Å². The highest BCUT2D eigenvalue weighted by molar-refractivity contribution is 7.99. The van der Waals surface area contributed by atoms with Crippen molar-refractivity contribution in [1.29, 1.82) is 0 Å². The maximum absolute atomic E-state index is 9.75. The summed E-state index contributed by atoms with van der Waals surface area (Å²) in [5, 5.41) is 9.75. The van der Waals surface area contributed by atoms with Crippen LogP contribution in [0, 0.1) is 5.92 Å². The van der Waals surface area contributed by atoms with Crippen LogP contribution in [-0.2, 0) is 19.4 Å². The Balaban J connectivity index is 1.72. The van der Waals surface area contributed by atoms with Gasteiger partial charge < -0.3 is 9.67 Å². The highest BCUT2D eigenvalue weighted by Gasteiger charge is 2.22. The summed E-state index contributed by atoms with van der Waals surface area (Å²) in [4.78, 5) is 4.57. The standard InChI is InChI=1S/C13H20N2OS/c16-12-4-3-11-7-14-13(15(11)8-12)6-10-2-1-5-17-9-10/h7,10,12,16H,1-6,8-9H2. The summed E-state index contributed by atoms with van der Waals surface area (Å²) >= 11 is 2.08. The number of hydrogen-bond acceptors (Lipinski definition) is 3. The summed E-state index contributed by atoms with van der Waals surface area (Å²) in [6.07, 6.45) is 7.51. The lowest BCUT2D eigenvalue weighted by Crippen LogP contribution is -2.26. The van der Waals surface area contributed by atoms with Crippen LogP contribution in [-0.4, -0.2) is 32.3 Å². The fourth-order valence-electron chi connectivity index (χ4n) is 2.88. The van der Waals surface area contributed by atoms with Crippen LogP contribution in [0.15, 0.2) is 6.20 Å². The zero-order valence-electron chi connectivity index (χ0n) is 10.1. The molecule has 0 aromatic carbocycles. The number of fused-ring (bicyclic) bond motifs is 1. The molecular formula is C13H20N2OS. The molecule has 0 aliphatic carbocycles. The Morgan fingerprint density at radius 3 is 3.24 bits per heavy atom. The second-order valence-corrected chi connectivity index (χ2v) is 6.41. The quantitative estimate of drug-likeness (QED) is 0.873. The van der Waals surface area contributed by atoms with Crippen molar-refractivity contribution in [2.75, 3.05) is 11.5 Å². The van der Waals surface area contributed by atoms with Gasteiger partial charge in [-0.05, 0) is 43.1 Å². The van der Waals surface area contributed by atoms with Gasteiger partial charge in [-0.15, -0.1) is 0 Å². The van der Waals surface area contributed by atoms with Gasteiger partial charge in [0.15, 0.2) is 0 Å². The minimum atomic E-state index is -0.170. The smallest absolute Gasteiger partial charge is 0.109 e. The molecule has 0 spiro atoms. The molecule has 0 saturated carbocycles. The summed E-state index contributed by atoms with van der Waals surface area (Å²) in [5.41, 5.74) is 1.31. The van der Waals surface area contributed by atoms with Crippen molar-refractivity contribution in [2.24, 2.45) is 5.92 Å². The maximum Gasteiger partial charge on any atom is 0.109 e. The number of aromatic nitrogens is 2. The van der Waals surface area contributed by atoms with E-state index >= 15 is 0 Å². The van der Waals surface area contributed by atoms with Gasteiger partial charge in [0.25, 0.3) is 0 Å². The zero-order chi connectivity index (χ0) is 11.7. The molecular weight excluding hydrogens is 232 g/mol. The lowest BCUT2D eigenvalue weighted by Gasteiger charge is -2.24. The molecule has 94 valence electrons. The summed E-state index contributed by atoms with van der Waals surface area (Å²) < 4.78 is 2.26. The van der Waals surface area contributed by atoms with Crippen LogP contribution in [0.5, 0.6) is 0 Å². The van der Waals surface area contributed by atoms with E-state index in [1.54, 1.807) is 0 Å². The maximum atomic E-state index is 9.75. The molecule has 2 aliphatic heterocycles. The first-order chi connectivity index (χ1) is 8.33. The Morgan fingerprint density at radius 1 is 1.47 bits per heavy atom. The van der Waals surface area contributed by atoms with Gasteiger partial charge in [0.05, 0.1) is 12.6 Å². The largest absolute Gasteiger partial charge is 0.391 e. The first kappa shape index (κ1) is 11.6. The minimum absolute atomic E-state index is 0.170. The second kappa shape index (κ2) is 5.02. The molecule has 3 nitrogen and oxygen atoms in total. The predicted molar refractivity (Wildman–Crippen MR) is 70.3 cm³/mol. The minimum Gasteiger partial charge on any atom is -0.391 e. The summed E-state index contributed by atoms with van der Waals surface area (Å²) in [7, 11) is 0. The molecule has 1 aromatic rings. The SMILES string of the molecule is OC1CCc2cnc(CC3CCCSC3)n2C1. The Bertz CT molecular complexity index is 385. The van der Waals surface area contributed by atoms with Crippen LogP contribution in [0.25, 0.3) is 0 Å². The van der Waals surface area contributed by atoms with Gasteiger partial charge in [0.1, 0.15) is 5.82 Å². The van der Waals surface area contributed by atoms with Crippen molar-refractivity contribution in [3.8, 4) is 0 Å². The van der Waals surface area contributed by atoms with E-state index in [4.69, 9.17) is 0 Å². The van der Waals surface area contributed by atoms with Gasteiger partial charge in [-0.3, -0.25) is 0 Å². The molecule has 4 heteroatoms. The van der Waals surface area contributed by atoms with Crippen molar-refractivity contribution in [1.82, 2.24) is 9.55 Å². The van der Waals surface area contributed by atoms with Crippen LogP contribution in [0.1, 0.15) is 30.8 Å². The average molecular weight is 252 g/mol. The predicted octanol–water partition coefficient (Wildman–Crippen LogP) is 1.88. The molecule has 0 radical (unpaired) electrons. The van der Waals surface area contributed by atoms with E-state index in [-0.39, 0.29) is 6.10 Å². The highest BCUT2D eigenvalue weighted by atomic mass is 32.2. The number of aliphatic hydroxyl groups is 1. The highest BCUT2D eigenvalue weighted by Crippen LogP contribution is 2.26. The van der Waals surface area contributed by atoms with E-state index in [1.807, 2.05) is 6.20 Å². The number of imidazole rings is 1. The monoisotopic (exact) mass is 252 g/mol. The Labute approximate surface area is 107 Å². The van der Waals surface area contributed by atoms with Gasteiger partial charge in [0.2, 0.25) is 0 Å². The normalized spacial score (nSPS) is 29.0. The molecule has 0 amide bonds. The molecule has 1 fully saturated rings. The van der Waals surface area contributed by atoms with Gasteiger partial charge in [-0.1, -0.05) is 0 Å². The number of hydrogen-bond donors (Lipinski definition) is 1. The van der Waals surface area contributed by atoms with Crippen molar-refractivity contribution < 1.29 is 5.11 Å². The fourth-order valence-corrected chi connectivity index (χ4v) is 4.04. The topological polar surface area (TPSA) is 38.1 Å². The van der Waals surface area contributed by atoms with Crippen LogP contribution in [0.4, 0.5) is 0 Å². The first-order valence-corrected chi connectivity index (χ1v) is 7.77. The molecule has 2 unspecified atom stereocenters. The van der Waals surface area contributed by atoms with Crippen LogP contribution in [0.2, 0.25) is 0 Å². The number of aliphatic hydroxyl groups excluding tert-OH is 1. The summed E-state index contributed by atoms with van der Waals surface area (Å²) in [5.74, 6) is 4.60. The second-order valence-electron chi connectivity index (χ2n) is 5.26. The lowest BCUT2D eigenvalue weighted by atomic mass is 10.0. The number of aryl methyl sites for hydroxylation is 1. The van der Waals surface area contributed by atoms with Crippen molar-refractivity contribution in [3.63, 3.8) is 0 Å². The van der Waals surface area contributed by atoms with Crippen LogP contribution in [0.3, 0.4) is 0 Å². The lowest BCUT2D eigenvalue weighted by molar-refractivity contribution is 0.129. The summed E-state index contributed by atoms with van der Waals surface area (Å²) in [6, 6.07) is 0. The van der Waals surface area contributed by atoms with E-state index in [2.05, 4.69) is 21.3 Å². The molecule has 1 N–H and O–H groups in total. The van der Waals surface area contributed by atoms with E-state index in [1.165, 1.54) is 35.9 Å². The molecule has 1 aromatic heterocycles. The number of rotatable bonds is 2. The number of thioether (sulfide) groups is 1. The number of nitrogens with zero attached hydrogens (tertiary/aromatic N) is 2. The van der Waals surface area contributed by atoms with Gasteiger partial charge >= 0.3 is 0 Å². The van der Waals surface area contributed by atoms with Gasteiger partial charge in [0, 0.05) is 18.3 Å². The van der Waals surface area contributed by atoms with Crippen molar-refractivity contribution in [2.45, 2.75) is 44.8 Å². The third-order valence-corrected chi connectivity index (χ3v) is 5.16. The van der Waals surface area contributed by atoms with E-state index in [0.717, 1.165) is 31.7 Å².